The predicted molar refractivity (Wildman–Crippen MR) is 53.8 cm³/mol. The number of hydrogen-bond acceptors (Lipinski definition) is 3. The lowest BCUT2D eigenvalue weighted by molar-refractivity contribution is -0.530. The number of rotatable bonds is 7. The molecule has 0 aromatic carbocycles. The van der Waals surface area contributed by atoms with Gasteiger partial charge in [0.15, 0.2) is 6.04 Å². The zero-order valence-corrected chi connectivity index (χ0v) is 9.38. The third-order valence-electron chi connectivity index (χ3n) is 2.31. The SMILES string of the molecule is CCCCCN[C@@H]([C@H](C)[N+](=O)[O-])C(F)(F)F. The van der Waals surface area contributed by atoms with Crippen LogP contribution in [0.15, 0.2) is 0 Å². The fourth-order valence-corrected chi connectivity index (χ4v) is 1.31. The van der Waals surface area contributed by atoms with Gasteiger partial charge in [-0.25, -0.2) is 0 Å². The molecule has 4 nitrogen and oxygen atoms in total. The van der Waals surface area contributed by atoms with Crippen molar-refractivity contribution in [2.24, 2.45) is 0 Å². The number of nitro groups is 1. The van der Waals surface area contributed by atoms with Gasteiger partial charge in [-0.2, -0.15) is 13.2 Å². The van der Waals surface area contributed by atoms with Gasteiger partial charge in [0.25, 0.3) is 0 Å². The summed E-state index contributed by atoms with van der Waals surface area (Å²) in [7, 11) is 0. The van der Waals surface area contributed by atoms with Crippen molar-refractivity contribution in [3.8, 4) is 0 Å². The third kappa shape index (κ3) is 5.29. The van der Waals surface area contributed by atoms with Crippen LogP contribution in [0.2, 0.25) is 0 Å². The van der Waals surface area contributed by atoms with Crippen LogP contribution in [0, 0.1) is 10.1 Å². The van der Waals surface area contributed by atoms with Gasteiger partial charge in [-0.05, 0) is 13.0 Å². The summed E-state index contributed by atoms with van der Waals surface area (Å²) in [5.74, 6) is 0. The highest BCUT2D eigenvalue weighted by atomic mass is 19.4. The van der Waals surface area contributed by atoms with E-state index in [1.165, 1.54) is 0 Å². The Morgan fingerprint density at radius 1 is 1.38 bits per heavy atom. The fraction of sp³-hybridized carbons (Fsp3) is 1.00. The molecular formula is C9H17F3N2O2. The molecule has 0 aliphatic rings. The lowest BCUT2D eigenvalue weighted by Gasteiger charge is -2.22. The Labute approximate surface area is 92.4 Å². The van der Waals surface area contributed by atoms with E-state index >= 15 is 0 Å². The minimum atomic E-state index is -4.58. The molecule has 2 atom stereocenters. The van der Waals surface area contributed by atoms with Crippen molar-refractivity contribution < 1.29 is 18.1 Å². The molecule has 1 N–H and O–H groups in total. The van der Waals surface area contributed by atoms with Gasteiger partial charge in [0.05, 0.1) is 0 Å². The quantitative estimate of drug-likeness (QED) is 0.423. The van der Waals surface area contributed by atoms with Gasteiger partial charge in [-0.1, -0.05) is 19.8 Å². The van der Waals surface area contributed by atoms with Gasteiger partial charge in [0.1, 0.15) is 0 Å². The minimum Gasteiger partial charge on any atom is -0.300 e. The first-order valence-corrected chi connectivity index (χ1v) is 5.24. The van der Waals surface area contributed by atoms with Crippen molar-refractivity contribution >= 4 is 0 Å². The van der Waals surface area contributed by atoms with E-state index in [1.807, 2.05) is 6.92 Å². The zero-order chi connectivity index (χ0) is 12.8. The molecule has 16 heavy (non-hydrogen) atoms. The molecule has 0 spiro atoms. The van der Waals surface area contributed by atoms with E-state index in [-0.39, 0.29) is 6.54 Å². The summed E-state index contributed by atoms with van der Waals surface area (Å²) in [5, 5.41) is 12.6. The lowest BCUT2D eigenvalue weighted by Crippen LogP contribution is -2.52. The van der Waals surface area contributed by atoms with Crippen LogP contribution in [-0.4, -0.2) is 29.7 Å². The Hall–Kier alpha value is -0.850. The van der Waals surface area contributed by atoms with E-state index < -0.39 is 23.2 Å². The van der Waals surface area contributed by atoms with Crippen LogP contribution < -0.4 is 5.32 Å². The van der Waals surface area contributed by atoms with Crippen LogP contribution in [-0.2, 0) is 0 Å². The van der Waals surface area contributed by atoms with E-state index in [1.54, 1.807) is 0 Å². The average molecular weight is 242 g/mol. The molecule has 0 aliphatic carbocycles. The number of unbranched alkanes of at least 4 members (excludes halogenated alkanes) is 2. The van der Waals surface area contributed by atoms with Crippen LogP contribution in [0.3, 0.4) is 0 Å². The molecule has 7 heteroatoms. The van der Waals surface area contributed by atoms with E-state index in [4.69, 9.17) is 0 Å². The number of halogens is 3. The van der Waals surface area contributed by atoms with Crippen molar-refractivity contribution in [1.82, 2.24) is 5.32 Å². The van der Waals surface area contributed by atoms with Crippen molar-refractivity contribution in [2.45, 2.75) is 51.4 Å². The summed E-state index contributed by atoms with van der Waals surface area (Å²) >= 11 is 0. The molecule has 0 saturated heterocycles. The standard InChI is InChI=1S/C9H17F3N2O2/c1-3-4-5-6-13-8(9(10,11)12)7(2)14(15)16/h7-8,13H,3-6H2,1-2H3/t7-,8-/m0/s1. The van der Waals surface area contributed by atoms with E-state index in [0.717, 1.165) is 19.8 Å². The molecule has 0 saturated carbocycles. The van der Waals surface area contributed by atoms with E-state index in [9.17, 15) is 23.3 Å². The van der Waals surface area contributed by atoms with E-state index in [0.29, 0.717) is 6.42 Å². The molecular weight excluding hydrogens is 225 g/mol. The molecule has 0 unspecified atom stereocenters. The first kappa shape index (κ1) is 15.2. The van der Waals surface area contributed by atoms with Crippen molar-refractivity contribution in [1.29, 1.82) is 0 Å². The molecule has 0 aliphatic heterocycles. The van der Waals surface area contributed by atoms with Crippen LogP contribution >= 0.6 is 0 Å². The number of alkyl halides is 3. The van der Waals surface area contributed by atoms with Crippen molar-refractivity contribution in [2.75, 3.05) is 6.54 Å². The topological polar surface area (TPSA) is 55.2 Å². The Morgan fingerprint density at radius 3 is 2.31 bits per heavy atom. The van der Waals surface area contributed by atoms with Crippen LogP contribution in [0.25, 0.3) is 0 Å². The van der Waals surface area contributed by atoms with Crippen molar-refractivity contribution in [3.05, 3.63) is 10.1 Å². The molecule has 0 aromatic heterocycles. The maximum absolute atomic E-state index is 12.5. The van der Waals surface area contributed by atoms with Crippen LogP contribution in [0.4, 0.5) is 13.2 Å². The second kappa shape index (κ2) is 6.67. The summed E-state index contributed by atoms with van der Waals surface area (Å²) in [5.41, 5.74) is 0. The smallest absolute Gasteiger partial charge is 0.300 e. The average Bonchev–Trinajstić information content (AvgIpc) is 2.14. The first-order chi connectivity index (χ1) is 7.30. The highest BCUT2D eigenvalue weighted by molar-refractivity contribution is 4.80. The summed E-state index contributed by atoms with van der Waals surface area (Å²) in [4.78, 5) is 9.43. The van der Waals surface area contributed by atoms with Gasteiger partial charge < -0.3 is 5.32 Å². The Balaban J connectivity index is 4.28. The highest BCUT2D eigenvalue weighted by Gasteiger charge is 2.47. The normalized spacial score (nSPS) is 15.8. The maximum Gasteiger partial charge on any atom is 0.410 e. The predicted octanol–water partition coefficient (Wildman–Crippen LogP) is 2.36. The highest BCUT2D eigenvalue weighted by Crippen LogP contribution is 2.23. The van der Waals surface area contributed by atoms with Gasteiger partial charge in [-0.15, -0.1) is 0 Å². The molecule has 0 amide bonds. The fourth-order valence-electron chi connectivity index (χ4n) is 1.31. The van der Waals surface area contributed by atoms with E-state index in [2.05, 4.69) is 5.32 Å². The molecule has 0 rings (SSSR count). The Morgan fingerprint density at radius 2 is 1.94 bits per heavy atom. The molecule has 0 fully saturated rings. The minimum absolute atomic E-state index is 0.149. The van der Waals surface area contributed by atoms with Crippen LogP contribution in [0.5, 0.6) is 0 Å². The molecule has 96 valence electrons. The Kier molecular flexibility index (Phi) is 6.32. The van der Waals surface area contributed by atoms with Crippen LogP contribution in [0.1, 0.15) is 33.1 Å². The summed E-state index contributed by atoms with van der Waals surface area (Å²) in [6.07, 6.45) is -2.29. The molecule has 0 bridgehead atoms. The molecule has 0 heterocycles. The Bertz CT molecular complexity index is 221. The van der Waals surface area contributed by atoms with Gasteiger partial charge in [0.2, 0.25) is 6.04 Å². The lowest BCUT2D eigenvalue weighted by atomic mass is 10.1. The number of nitrogens with one attached hydrogen (secondary N) is 1. The molecule has 0 radical (unpaired) electrons. The van der Waals surface area contributed by atoms with Gasteiger partial charge in [-0.3, -0.25) is 10.1 Å². The largest absolute Gasteiger partial charge is 0.410 e. The summed E-state index contributed by atoms with van der Waals surface area (Å²) < 4.78 is 37.4. The summed E-state index contributed by atoms with van der Waals surface area (Å²) in [6, 6.07) is -3.74. The molecule has 0 aromatic rings. The second-order valence-corrected chi connectivity index (χ2v) is 3.71. The maximum atomic E-state index is 12.5. The van der Waals surface area contributed by atoms with Gasteiger partial charge >= 0.3 is 6.18 Å². The third-order valence-corrected chi connectivity index (χ3v) is 2.31. The number of nitrogens with zero attached hydrogens (tertiary/aromatic N) is 1. The first-order valence-electron chi connectivity index (χ1n) is 5.24. The number of hydrogen-bond donors (Lipinski definition) is 1. The van der Waals surface area contributed by atoms with Gasteiger partial charge in [0, 0.05) is 11.8 Å². The summed E-state index contributed by atoms with van der Waals surface area (Å²) in [6.45, 7) is 3.04. The monoisotopic (exact) mass is 242 g/mol. The zero-order valence-electron chi connectivity index (χ0n) is 9.38. The van der Waals surface area contributed by atoms with Crippen molar-refractivity contribution in [3.63, 3.8) is 0 Å². The second-order valence-electron chi connectivity index (χ2n) is 3.71.